The number of fused-ring (bicyclic) bond motifs is 1. The Bertz CT molecular complexity index is 673. The molecule has 2 nitrogen and oxygen atoms in total. The summed E-state index contributed by atoms with van der Waals surface area (Å²) >= 11 is 5.90. The molecule has 0 saturated heterocycles. The summed E-state index contributed by atoms with van der Waals surface area (Å²) < 4.78 is 15.6. The number of aryl methyl sites for hydroxylation is 1. The van der Waals surface area contributed by atoms with Gasteiger partial charge in [0.15, 0.2) is 0 Å². The Morgan fingerprint density at radius 1 is 1.24 bits per heavy atom. The molecule has 3 rings (SSSR count). The maximum absolute atomic E-state index is 13.4. The highest BCUT2D eigenvalue weighted by Gasteiger charge is 2.64. The average molecular weight is 309 g/mol. The van der Waals surface area contributed by atoms with Gasteiger partial charge in [-0.3, -0.25) is 0 Å². The van der Waals surface area contributed by atoms with E-state index in [1.165, 1.54) is 12.1 Å². The second kappa shape index (κ2) is 4.70. The fourth-order valence-electron chi connectivity index (χ4n) is 3.60. The first-order valence-electron chi connectivity index (χ1n) is 7.49. The van der Waals surface area contributed by atoms with E-state index >= 15 is 0 Å². The predicted octanol–water partition coefficient (Wildman–Crippen LogP) is 4.64. The van der Waals surface area contributed by atoms with Crippen LogP contribution in [0.1, 0.15) is 33.5 Å². The number of benzene rings is 1. The predicted molar refractivity (Wildman–Crippen MR) is 85.2 cm³/mol. The van der Waals surface area contributed by atoms with Gasteiger partial charge in [-0.05, 0) is 28.9 Å². The second-order valence-electron chi connectivity index (χ2n) is 7.21. The van der Waals surface area contributed by atoms with Crippen molar-refractivity contribution in [2.24, 2.45) is 16.7 Å². The van der Waals surface area contributed by atoms with Crippen molar-refractivity contribution in [1.29, 1.82) is 0 Å². The van der Waals surface area contributed by atoms with Crippen molar-refractivity contribution in [2.45, 2.75) is 40.7 Å². The number of hydrogen-bond acceptors (Lipinski definition) is 1. The smallest absolute Gasteiger partial charge is 0.125 e. The van der Waals surface area contributed by atoms with Crippen molar-refractivity contribution in [3.8, 4) is 0 Å². The number of halogens is 2. The van der Waals surface area contributed by atoms with Crippen LogP contribution in [-0.2, 0) is 13.0 Å². The molecule has 4 heteroatoms. The number of hydrogen-bond donors (Lipinski definition) is 0. The highest BCUT2D eigenvalue weighted by Crippen LogP contribution is 2.69. The van der Waals surface area contributed by atoms with Gasteiger partial charge < -0.3 is 4.57 Å². The Morgan fingerprint density at radius 3 is 2.48 bits per heavy atom. The van der Waals surface area contributed by atoms with Gasteiger partial charge in [0.1, 0.15) is 11.6 Å². The molecule has 0 atom stereocenters. The van der Waals surface area contributed by atoms with E-state index < -0.39 is 0 Å². The van der Waals surface area contributed by atoms with Crippen LogP contribution in [0.25, 0.3) is 11.0 Å². The van der Waals surface area contributed by atoms with Crippen molar-refractivity contribution in [3.63, 3.8) is 0 Å². The van der Waals surface area contributed by atoms with E-state index in [1.54, 1.807) is 0 Å². The van der Waals surface area contributed by atoms with E-state index in [-0.39, 0.29) is 5.82 Å². The number of aromatic nitrogens is 2. The number of imidazole rings is 1. The molecular weight excluding hydrogens is 287 g/mol. The number of alkyl halides is 1. The minimum absolute atomic E-state index is 0.239. The van der Waals surface area contributed by atoms with Crippen molar-refractivity contribution in [1.82, 2.24) is 9.55 Å². The van der Waals surface area contributed by atoms with Crippen LogP contribution >= 0.6 is 11.6 Å². The Hall–Kier alpha value is -1.09. The highest BCUT2D eigenvalue weighted by atomic mass is 35.5. The van der Waals surface area contributed by atoms with Gasteiger partial charge in [-0.2, -0.15) is 0 Å². The largest absolute Gasteiger partial charge is 0.328 e. The van der Waals surface area contributed by atoms with E-state index in [2.05, 4.69) is 37.2 Å². The third-order valence-electron chi connectivity index (χ3n) is 5.79. The van der Waals surface area contributed by atoms with Crippen LogP contribution in [0.15, 0.2) is 18.2 Å². The Balaban J connectivity index is 2.02. The Morgan fingerprint density at radius 2 is 1.90 bits per heavy atom. The van der Waals surface area contributed by atoms with Crippen molar-refractivity contribution < 1.29 is 4.39 Å². The summed E-state index contributed by atoms with van der Waals surface area (Å²) in [5, 5.41) is 0. The molecule has 1 saturated carbocycles. The molecule has 0 aliphatic heterocycles. The lowest BCUT2D eigenvalue weighted by molar-refractivity contribution is 0.457. The molecule has 0 spiro atoms. The van der Waals surface area contributed by atoms with Crippen LogP contribution in [0.2, 0.25) is 0 Å². The van der Waals surface area contributed by atoms with Gasteiger partial charge >= 0.3 is 0 Å². The minimum Gasteiger partial charge on any atom is -0.328 e. The first kappa shape index (κ1) is 14.8. The third kappa shape index (κ3) is 2.17. The first-order valence-corrected chi connectivity index (χ1v) is 8.03. The molecule has 1 aliphatic carbocycles. The molecule has 1 fully saturated rings. The van der Waals surface area contributed by atoms with Gasteiger partial charge in [-0.25, -0.2) is 9.37 Å². The van der Waals surface area contributed by atoms with E-state index in [1.807, 2.05) is 6.07 Å². The molecule has 2 aromatic rings. The van der Waals surface area contributed by atoms with Gasteiger partial charge in [0.25, 0.3) is 0 Å². The summed E-state index contributed by atoms with van der Waals surface area (Å²) in [7, 11) is 0. The number of rotatable bonds is 4. The lowest BCUT2D eigenvalue weighted by Gasteiger charge is -2.10. The van der Waals surface area contributed by atoms with Crippen molar-refractivity contribution >= 4 is 22.6 Å². The highest BCUT2D eigenvalue weighted by molar-refractivity contribution is 6.17. The Kier molecular flexibility index (Phi) is 3.32. The monoisotopic (exact) mass is 308 g/mol. The molecule has 0 amide bonds. The standard InChI is InChI=1S/C17H22ClFN2/c1-16(2)14(17(16,3)4)10-21-13-6-5-11(19)9-12(13)20-15(21)7-8-18/h5-6,9,14H,7-8,10H2,1-4H3. The normalized spacial score (nSPS) is 20.1. The Labute approximate surface area is 130 Å². The van der Waals surface area contributed by atoms with Crippen LogP contribution in [0.3, 0.4) is 0 Å². The molecule has 0 radical (unpaired) electrons. The zero-order chi connectivity index (χ0) is 15.4. The van der Waals surface area contributed by atoms with Crippen molar-refractivity contribution in [2.75, 3.05) is 5.88 Å². The summed E-state index contributed by atoms with van der Waals surface area (Å²) in [4.78, 5) is 4.58. The zero-order valence-electron chi connectivity index (χ0n) is 13.1. The fourth-order valence-corrected chi connectivity index (χ4v) is 3.77. The molecule has 1 aromatic carbocycles. The lowest BCUT2D eigenvalue weighted by Crippen LogP contribution is -2.09. The fraction of sp³-hybridized carbons (Fsp3) is 0.588. The molecule has 0 N–H and O–H groups in total. The molecule has 1 aliphatic rings. The second-order valence-corrected chi connectivity index (χ2v) is 7.58. The summed E-state index contributed by atoms with van der Waals surface area (Å²) in [6.07, 6.45) is 0.714. The van der Waals surface area contributed by atoms with Gasteiger partial charge in [-0.15, -0.1) is 11.6 Å². The van der Waals surface area contributed by atoms with Crippen LogP contribution in [0.4, 0.5) is 4.39 Å². The maximum atomic E-state index is 13.4. The molecule has 1 aromatic heterocycles. The third-order valence-corrected chi connectivity index (χ3v) is 5.98. The minimum atomic E-state index is -0.239. The summed E-state index contributed by atoms with van der Waals surface area (Å²) in [5.41, 5.74) is 2.38. The van der Waals surface area contributed by atoms with Gasteiger partial charge in [0.05, 0.1) is 11.0 Å². The van der Waals surface area contributed by atoms with Crippen LogP contribution < -0.4 is 0 Å². The number of nitrogens with zero attached hydrogens (tertiary/aromatic N) is 2. The molecule has 0 unspecified atom stereocenters. The first-order chi connectivity index (χ1) is 9.79. The SMILES string of the molecule is CC1(C)C(Cn2c(CCCl)nc3cc(F)ccc32)C1(C)C. The van der Waals surface area contributed by atoms with E-state index in [4.69, 9.17) is 11.6 Å². The summed E-state index contributed by atoms with van der Waals surface area (Å²) in [6.45, 7) is 10.2. The molecule has 0 bridgehead atoms. The van der Waals surface area contributed by atoms with E-state index in [9.17, 15) is 4.39 Å². The van der Waals surface area contributed by atoms with Crippen molar-refractivity contribution in [3.05, 3.63) is 29.8 Å². The van der Waals surface area contributed by atoms with Crippen LogP contribution in [0, 0.1) is 22.6 Å². The van der Waals surface area contributed by atoms with E-state index in [0.29, 0.717) is 29.0 Å². The summed E-state index contributed by atoms with van der Waals surface area (Å²) in [5.74, 6) is 1.85. The van der Waals surface area contributed by atoms with Gasteiger partial charge in [0.2, 0.25) is 0 Å². The molecule has 114 valence electrons. The van der Waals surface area contributed by atoms with Gasteiger partial charge in [0, 0.05) is 24.9 Å². The maximum Gasteiger partial charge on any atom is 0.125 e. The van der Waals surface area contributed by atoms with E-state index in [0.717, 1.165) is 23.4 Å². The lowest BCUT2D eigenvalue weighted by atomic mass is 10.0. The molecule has 1 heterocycles. The van der Waals surface area contributed by atoms with Gasteiger partial charge in [-0.1, -0.05) is 27.7 Å². The molecule has 21 heavy (non-hydrogen) atoms. The summed E-state index contributed by atoms with van der Waals surface area (Å²) in [6, 6.07) is 4.85. The molecular formula is C17H22ClFN2. The van der Waals surface area contributed by atoms with Crippen LogP contribution in [-0.4, -0.2) is 15.4 Å². The quantitative estimate of drug-likeness (QED) is 0.752. The topological polar surface area (TPSA) is 17.8 Å². The average Bonchev–Trinajstić information content (AvgIpc) is 2.68. The van der Waals surface area contributed by atoms with Crippen LogP contribution in [0.5, 0.6) is 0 Å². The zero-order valence-corrected chi connectivity index (χ0v) is 13.8.